The highest BCUT2D eigenvalue weighted by atomic mass is 16.6. The minimum absolute atomic E-state index is 0.102. The number of rotatable bonds is 2. The van der Waals surface area contributed by atoms with Crippen LogP contribution in [0.2, 0.25) is 0 Å². The van der Waals surface area contributed by atoms with Gasteiger partial charge in [0.15, 0.2) is 0 Å². The van der Waals surface area contributed by atoms with E-state index in [1.807, 2.05) is 7.05 Å². The molecule has 0 saturated carbocycles. The van der Waals surface area contributed by atoms with Gasteiger partial charge in [-0.15, -0.1) is 0 Å². The van der Waals surface area contributed by atoms with Gasteiger partial charge in [-0.25, -0.2) is 9.61 Å². The molecule has 9 nitrogen and oxygen atoms in total. The summed E-state index contributed by atoms with van der Waals surface area (Å²) in [5.41, 5.74) is 6.46. The summed E-state index contributed by atoms with van der Waals surface area (Å²) in [7, 11) is 1.82. The maximum Gasteiger partial charge on any atom is 0.284 e. The van der Waals surface area contributed by atoms with E-state index in [0.29, 0.717) is 5.82 Å². The highest BCUT2D eigenvalue weighted by Crippen LogP contribution is 2.23. The van der Waals surface area contributed by atoms with Gasteiger partial charge in [-0.3, -0.25) is 0 Å². The molecule has 9 heteroatoms. The third kappa shape index (κ3) is 1.44. The van der Waals surface area contributed by atoms with Crippen LogP contribution in [0, 0.1) is 0 Å². The van der Waals surface area contributed by atoms with Crippen LogP contribution in [-0.2, 0) is 7.05 Å². The SMILES string of the molecule is Cn1cncc1-c1noc(-c2nonc2N)n1. The number of anilines is 1. The molecule has 0 aliphatic rings. The largest absolute Gasteiger partial charge is 0.379 e. The maximum absolute atomic E-state index is 5.52. The van der Waals surface area contributed by atoms with E-state index in [1.165, 1.54) is 0 Å². The van der Waals surface area contributed by atoms with Crippen LogP contribution in [0.1, 0.15) is 0 Å². The number of aryl methyl sites for hydroxylation is 1. The molecule has 0 spiro atoms. The third-order valence-corrected chi connectivity index (χ3v) is 2.19. The second kappa shape index (κ2) is 3.40. The van der Waals surface area contributed by atoms with E-state index >= 15 is 0 Å². The summed E-state index contributed by atoms with van der Waals surface area (Å²) in [4.78, 5) is 8.09. The Labute approximate surface area is 94.2 Å². The average Bonchev–Trinajstić information content (AvgIpc) is 2.97. The van der Waals surface area contributed by atoms with Crippen molar-refractivity contribution in [2.45, 2.75) is 0 Å². The number of hydrogen-bond acceptors (Lipinski definition) is 8. The van der Waals surface area contributed by atoms with Gasteiger partial charge < -0.3 is 14.8 Å². The van der Waals surface area contributed by atoms with Gasteiger partial charge in [0, 0.05) is 7.05 Å². The molecule has 0 aliphatic carbocycles. The van der Waals surface area contributed by atoms with Gasteiger partial charge in [0.2, 0.25) is 17.3 Å². The number of nitrogens with zero attached hydrogens (tertiary/aromatic N) is 6. The van der Waals surface area contributed by atoms with Gasteiger partial charge in [0.25, 0.3) is 5.89 Å². The van der Waals surface area contributed by atoms with Gasteiger partial charge in [0.1, 0.15) is 5.69 Å². The fourth-order valence-electron chi connectivity index (χ4n) is 1.34. The molecule has 3 aromatic rings. The first-order valence-corrected chi connectivity index (χ1v) is 4.64. The minimum atomic E-state index is 0.102. The van der Waals surface area contributed by atoms with Crippen LogP contribution in [0.5, 0.6) is 0 Å². The zero-order chi connectivity index (χ0) is 11.8. The molecular weight excluding hydrogens is 226 g/mol. The van der Waals surface area contributed by atoms with Gasteiger partial charge in [-0.05, 0) is 10.3 Å². The van der Waals surface area contributed by atoms with Crippen molar-refractivity contribution < 1.29 is 9.15 Å². The Balaban J connectivity index is 2.05. The van der Waals surface area contributed by atoms with E-state index in [0.717, 1.165) is 5.69 Å². The molecule has 17 heavy (non-hydrogen) atoms. The Morgan fingerprint density at radius 3 is 2.82 bits per heavy atom. The summed E-state index contributed by atoms with van der Waals surface area (Å²) in [6.45, 7) is 0. The predicted octanol–water partition coefficient (Wildman–Crippen LogP) is 0.102. The Hall–Kier alpha value is -2.71. The second-order valence-corrected chi connectivity index (χ2v) is 3.31. The Kier molecular flexibility index (Phi) is 1.90. The lowest BCUT2D eigenvalue weighted by Gasteiger charge is -1.92. The first kappa shape index (κ1) is 9.51. The quantitative estimate of drug-likeness (QED) is 0.661. The van der Waals surface area contributed by atoms with E-state index in [-0.39, 0.29) is 17.4 Å². The Bertz CT molecular complexity index is 597. The number of nitrogen functional groups attached to an aromatic ring is 1. The summed E-state index contributed by atoms with van der Waals surface area (Å²) in [5.74, 6) is 0.646. The number of imidazole rings is 1. The van der Waals surface area contributed by atoms with Crippen LogP contribution < -0.4 is 5.73 Å². The molecule has 86 valence electrons. The third-order valence-electron chi connectivity index (χ3n) is 2.19. The molecule has 0 fully saturated rings. The van der Waals surface area contributed by atoms with Crippen LogP contribution in [0.25, 0.3) is 23.1 Å². The van der Waals surface area contributed by atoms with Crippen LogP contribution in [0.15, 0.2) is 21.7 Å². The normalized spacial score (nSPS) is 10.9. The molecule has 0 radical (unpaired) electrons. The van der Waals surface area contributed by atoms with Crippen molar-refractivity contribution in [3.05, 3.63) is 12.5 Å². The first-order valence-electron chi connectivity index (χ1n) is 4.64. The zero-order valence-corrected chi connectivity index (χ0v) is 8.73. The molecule has 0 aliphatic heterocycles. The van der Waals surface area contributed by atoms with Crippen LogP contribution in [0.4, 0.5) is 5.82 Å². The standard InChI is InChI=1S/C8H7N7O2/c1-15-3-10-2-4(15)7-11-8(16-14-7)5-6(9)13-17-12-5/h2-3H,1H3,(H2,9,13). The molecule has 3 aromatic heterocycles. The molecule has 2 N–H and O–H groups in total. The molecule has 3 rings (SSSR count). The Morgan fingerprint density at radius 1 is 1.29 bits per heavy atom. The van der Waals surface area contributed by atoms with E-state index in [2.05, 4.69) is 30.1 Å². The van der Waals surface area contributed by atoms with E-state index in [9.17, 15) is 0 Å². The summed E-state index contributed by atoms with van der Waals surface area (Å²) in [6.07, 6.45) is 3.26. The molecule has 0 amide bonds. The van der Waals surface area contributed by atoms with Crippen molar-refractivity contribution >= 4 is 5.82 Å². The van der Waals surface area contributed by atoms with Gasteiger partial charge >= 0.3 is 0 Å². The lowest BCUT2D eigenvalue weighted by Crippen LogP contribution is -1.91. The maximum atomic E-state index is 5.52. The molecule has 0 saturated heterocycles. The minimum Gasteiger partial charge on any atom is -0.379 e. The molecule has 0 bridgehead atoms. The fraction of sp³-hybridized carbons (Fsp3) is 0.125. The number of hydrogen-bond donors (Lipinski definition) is 1. The number of aromatic nitrogens is 6. The van der Waals surface area contributed by atoms with Crippen LogP contribution in [-0.4, -0.2) is 30.0 Å². The second-order valence-electron chi connectivity index (χ2n) is 3.31. The smallest absolute Gasteiger partial charge is 0.284 e. The summed E-state index contributed by atoms with van der Waals surface area (Å²) >= 11 is 0. The van der Waals surface area contributed by atoms with Crippen molar-refractivity contribution in [3.63, 3.8) is 0 Å². The predicted molar refractivity (Wildman–Crippen MR) is 54.2 cm³/mol. The van der Waals surface area contributed by atoms with Crippen molar-refractivity contribution in [1.29, 1.82) is 0 Å². The average molecular weight is 233 g/mol. The summed E-state index contributed by atoms with van der Waals surface area (Å²) in [6, 6.07) is 0. The van der Waals surface area contributed by atoms with Gasteiger partial charge in [-0.1, -0.05) is 5.16 Å². The Morgan fingerprint density at radius 2 is 2.18 bits per heavy atom. The van der Waals surface area contributed by atoms with Gasteiger partial charge in [-0.2, -0.15) is 4.98 Å². The number of nitrogens with two attached hydrogens (primary N) is 1. The lowest BCUT2D eigenvalue weighted by atomic mass is 10.4. The van der Waals surface area contributed by atoms with E-state index in [1.54, 1.807) is 17.1 Å². The van der Waals surface area contributed by atoms with Crippen molar-refractivity contribution in [3.8, 4) is 23.1 Å². The van der Waals surface area contributed by atoms with E-state index in [4.69, 9.17) is 10.3 Å². The van der Waals surface area contributed by atoms with Crippen LogP contribution >= 0.6 is 0 Å². The highest BCUT2D eigenvalue weighted by molar-refractivity contribution is 5.62. The van der Waals surface area contributed by atoms with Crippen molar-refractivity contribution in [1.82, 2.24) is 30.0 Å². The van der Waals surface area contributed by atoms with Crippen LogP contribution in [0.3, 0.4) is 0 Å². The van der Waals surface area contributed by atoms with Gasteiger partial charge in [0.05, 0.1) is 12.5 Å². The lowest BCUT2D eigenvalue weighted by molar-refractivity contribution is 0.308. The molecule has 0 unspecified atom stereocenters. The fourth-order valence-corrected chi connectivity index (χ4v) is 1.34. The molecular formula is C8H7N7O2. The summed E-state index contributed by atoms with van der Waals surface area (Å²) in [5, 5.41) is 10.8. The summed E-state index contributed by atoms with van der Waals surface area (Å²) < 4.78 is 11.2. The molecule has 0 atom stereocenters. The highest BCUT2D eigenvalue weighted by Gasteiger charge is 2.18. The topological polar surface area (TPSA) is 122 Å². The van der Waals surface area contributed by atoms with Crippen molar-refractivity contribution in [2.75, 3.05) is 5.73 Å². The zero-order valence-electron chi connectivity index (χ0n) is 8.73. The first-order chi connectivity index (χ1) is 8.25. The van der Waals surface area contributed by atoms with Crippen molar-refractivity contribution in [2.24, 2.45) is 7.05 Å². The molecule has 0 aromatic carbocycles. The monoisotopic (exact) mass is 233 g/mol. The van der Waals surface area contributed by atoms with E-state index < -0.39 is 0 Å². The molecule has 3 heterocycles.